The molecule has 0 bridgehead atoms. The number of carbonyl (C=O) groups is 2. The maximum absolute atomic E-state index is 10.6. The molecule has 1 aromatic heterocycles. The molecule has 0 aliphatic rings. The number of hydrogen-bond acceptors (Lipinski definition) is 8. The summed E-state index contributed by atoms with van der Waals surface area (Å²) >= 11 is 1.44. The van der Waals surface area contributed by atoms with Gasteiger partial charge in [0.2, 0.25) is 0 Å². The van der Waals surface area contributed by atoms with E-state index in [9.17, 15) is 9.59 Å². The maximum Gasteiger partial charge on any atom is 0.507 e. The van der Waals surface area contributed by atoms with Crippen molar-refractivity contribution in [2.24, 2.45) is 0 Å². The Balaban J connectivity index is 0.000000270. The number of hydrogen-bond donors (Lipinski definition) is 0. The van der Waals surface area contributed by atoms with E-state index in [1.165, 1.54) is 24.2 Å². The summed E-state index contributed by atoms with van der Waals surface area (Å²) in [5.41, 5.74) is 2.35. The first-order chi connectivity index (χ1) is 13.0. The molecule has 7 nitrogen and oxygen atoms in total. The predicted octanol–water partition coefficient (Wildman–Crippen LogP) is 4.10. The van der Waals surface area contributed by atoms with E-state index < -0.39 is 12.1 Å². The van der Waals surface area contributed by atoms with Crippen molar-refractivity contribution in [2.45, 2.75) is 26.7 Å². The van der Waals surface area contributed by atoms with E-state index in [2.05, 4.69) is 56.6 Å². The second-order valence-corrected chi connectivity index (χ2v) is 6.34. The average Bonchev–Trinajstić information content (AvgIpc) is 3.11. The largest absolute Gasteiger partial charge is 0.507 e. The Morgan fingerprint density at radius 3 is 2.26 bits per heavy atom. The van der Waals surface area contributed by atoms with Crippen molar-refractivity contribution in [3.63, 3.8) is 0 Å². The monoisotopic (exact) mass is 392 g/mol. The van der Waals surface area contributed by atoms with Gasteiger partial charge in [-0.1, -0.05) is 36.4 Å². The highest BCUT2D eigenvalue weighted by molar-refractivity contribution is 7.05. The van der Waals surface area contributed by atoms with Crippen molar-refractivity contribution in [1.82, 2.24) is 9.36 Å². The molecule has 27 heavy (non-hydrogen) atoms. The van der Waals surface area contributed by atoms with Gasteiger partial charge in [-0.25, -0.2) is 14.6 Å². The van der Waals surface area contributed by atoms with Crippen molar-refractivity contribution in [3.05, 3.63) is 47.5 Å². The van der Waals surface area contributed by atoms with Crippen molar-refractivity contribution in [1.29, 1.82) is 0 Å². The number of methoxy groups -OCH3 is 1. The van der Waals surface area contributed by atoms with Gasteiger partial charge in [-0.05, 0) is 38.2 Å². The molecule has 0 fully saturated rings. The number of unbranched alkanes of at least 4 members (excludes halogenated alkanes) is 1. The third-order valence-corrected chi connectivity index (χ3v) is 3.79. The van der Waals surface area contributed by atoms with Crippen molar-refractivity contribution in [3.8, 4) is 11.4 Å². The first-order valence-electron chi connectivity index (χ1n) is 8.33. The number of ether oxygens (including phenoxy) is 3. The summed E-state index contributed by atoms with van der Waals surface area (Å²) in [6, 6.07) is 8.25. The summed E-state index contributed by atoms with van der Waals surface area (Å²) in [5.74, 6) is 0.390. The van der Waals surface area contributed by atoms with Crippen LogP contribution < -0.4 is 0 Å². The van der Waals surface area contributed by atoms with Gasteiger partial charge in [-0.15, -0.1) is 0 Å². The van der Waals surface area contributed by atoms with Gasteiger partial charge in [0.1, 0.15) is 5.01 Å². The molecule has 2 rings (SSSR count). The summed E-state index contributed by atoms with van der Waals surface area (Å²) in [7, 11) is 1.24. The minimum absolute atomic E-state index is 0.262. The lowest BCUT2D eigenvalue weighted by Crippen LogP contribution is -2.07. The molecule has 8 heteroatoms. The number of nitrogens with zero attached hydrogens (tertiary/aromatic N) is 2. The van der Waals surface area contributed by atoms with Crippen LogP contribution in [0.15, 0.2) is 36.9 Å². The molecule has 0 radical (unpaired) electrons. The fourth-order valence-electron chi connectivity index (χ4n) is 1.77. The summed E-state index contributed by atoms with van der Waals surface area (Å²) < 4.78 is 17.8. The van der Waals surface area contributed by atoms with Gasteiger partial charge in [-0.2, -0.15) is 4.37 Å². The Morgan fingerprint density at radius 1 is 1.11 bits per heavy atom. The van der Waals surface area contributed by atoms with Crippen LogP contribution in [0.25, 0.3) is 11.4 Å². The van der Waals surface area contributed by atoms with Gasteiger partial charge in [0, 0.05) is 11.6 Å². The summed E-state index contributed by atoms with van der Waals surface area (Å²) in [4.78, 5) is 25.3. The van der Waals surface area contributed by atoms with Crippen LogP contribution in [0.5, 0.6) is 0 Å². The van der Waals surface area contributed by atoms with Crippen LogP contribution in [0.4, 0.5) is 4.79 Å². The fourth-order valence-corrected chi connectivity index (χ4v) is 2.26. The molecule has 0 saturated heterocycles. The van der Waals surface area contributed by atoms with Gasteiger partial charge >= 0.3 is 12.1 Å². The van der Waals surface area contributed by atoms with E-state index in [4.69, 9.17) is 4.74 Å². The molecule has 1 aromatic carbocycles. The Kier molecular flexibility index (Phi) is 10.4. The molecular formula is C19H24N2O5S. The number of esters is 1. The van der Waals surface area contributed by atoms with Crippen molar-refractivity contribution in [2.75, 3.05) is 20.3 Å². The van der Waals surface area contributed by atoms with E-state index in [0.717, 1.165) is 22.5 Å². The number of carbonyl (C=O) groups excluding carboxylic acids is 2. The molecule has 0 spiro atoms. The fraction of sp³-hybridized carbons (Fsp3) is 0.368. The van der Waals surface area contributed by atoms with Crippen LogP contribution in [0, 0.1) is 13.8 Å². The molecule has 0 aliphatic carbocycles. The Bertz CT molecular complexity index is 728. The third kappa shape index (κ3) is 9.50. The lowest BCUT2D eigenvalue weighted by Gasteiger charge is -2.03. The molecule has 0 aliphatic heterocycles. The van der Waals surface area contributed by atoms with Gasteiger partial charge in [-0.3, -0.25) is 0 Å². The summed E-state index contributed by atoms with van der Waals surface area (Å²) in [6.45, 7) is 7.85. The third-order valence-electron chi connectivity index (χ3n) is 3.17. The van der Waals surface area contributed by atoms with E-state index in [0.29, 0.717) is 19.4 Å². The lowest BCUT2D eigenvalue weighted by atomic mass is 10.1. The highest BCUT2D eigenvalue weighted by Gasteiger charge is 2.02. The van der Waals surface area contributed by atoms with E-state index in [1.807, 2.05) is 6.92 Å². The predicted molar refractivity (Wildman–Crippen MR) is 104 cm³/mol. The second kappa shape index (κ2) is 12.6. The Morgan fingerprint density at radius 2 is 1.74 bits per heavy atom. The zero-order valence-electron chi connectivity index (χ0n) is 15.8. The molecule has 0 atom stereocenters. The highest BCUT2D eigenvalue weighted by Crippen LogP contribution is 2.17. The second-order valence-electron chi connectivity index (χ2n) is 5.38. The van der Waals surface area contributed by atoms with Gasteiger partial charge < -0.3 is 14.2 Å². The number of benzene rings is 1. The van der Waals surface area contributed by atoms with Gasteiger partial charge in [0.15, 0.2) is 5.82 Å². The molecule has 0 saturated carbocycles. The maximum atomic E-state index is 10.6. The summed E-state index contributed by atoms with van der Waals surface area (Å²) in [5, 5.41) is 1.01. The van der Waals surface area contributed by atoms with Gasteiger partial charge in [0.05, 0.1) is 20.3 Å². The van der Waals surface area contributed by atoms with E-state index in [1.54, 1.807) is 0 Å². The zero-order chi connectivity index (χ0) is 20.1. The first-order valence-corrected chi connectivity index (χ1v) is 9.11. The molecular weight excluding hydrogens is 368 g/mol. The SMILES string of the molecule is C=CC(=O)OCCCCOC(=O)OC.Cc1ccc(-c2nsc(C)n2)cc1. The molecule has 1 heterocycles. The molecule has 0 unspecified atom stereocenters. The van der Waals surface area contributed by atoms with Crippen LogP contribution in [-0.2, 0) is 19.0 Å². The molecule has 2 aromatic rings. The average molecular weight is 392 g/mol. The summed E-state index contributed by atoms with van der Waals surface area (Å²) in [6.07, 6.45) is 1.66. The quantitative estimate of drug-likeness (QED) is 0.398. The van der Waals surface area contributed by atoms with Crippen molar-refractivity contribution >= 4 is 23.7 Å². The van der Waals surface area contributed by atoms with E-state index in [-0.39, 0.29) is 6.61 Å². The lowest BCUT2D eigenvalue weighted by molar-refractivity contribution is -0.137. The van der Waals surface area contributed by atoms with Crippen molar-refractivity contribution < 1.29 is 23.8 Å². The van der Waals surface area contributed by atoms with Crippen LogP contribution in [0.2, 0.25) is 0 Å². The van der Waals surface area contributed by atoms with E-state index >= 15 is 0 Å². The van der Waals surface area contributed by atoms with Crippen LogP contribution >= 0.6 is 11.5 Å². The number of aryl methyl sites for hydroxylation is 2. The topological polar surface area (TPSA) is 87.6 Å². The number of aromatic nitrogens is 2. The minimum Gasteiger partial charge on any atom is -0.463 e. The highest BCUT2D eigenvalue weighted by atomic mass is 32.1. The zero-order valence-corrected chi connectivity index (χ0v) is 16.6. The standard InChI is InChI=1S/C10H10N2S.C9H14O5/c1-7-3-5-9(6-4-7)10-11-8(2)13-12-10;1-3-8(10)13-6-4-5-7-14-9(11)12-2/h3-6H,1-2H3;3H,1,4-7H2,2H3. The van der Waals surface area contributed by atoms with Crippen LogP contribution in [0.1, 0.15) is 23.4 Å². The van der Waals surface area contributed by atoms with Crippen LogP contribution in [0.3, 0.4) is 0 Å². The molecule has 146 valence electrons. The molecule has 0 amide bonds. The Labute approximate surface area is 163 Å². The normalized spacial score (nSPS) is 9.59. The number of rotatable bonds is 7. The smallest absolute Gasteiger partial charge is 0.463 e. The Hall–Kier alpha value is -2.74. The van der Waals surface area contributed by atoms with Crippen LogP contribution in [-0.4, -0.2) is 41.8 Å². The minimum atomic E-state index is -0.701. The van der Waals surface area contributed by atoms with Gasteiger partial charge in [0.25, 0.3) is 0 Å². The molecule has 0 N–H and O–H groups in total. The first kappa shape index (κ1) is 22.3.